The van der Waals surface area contributed by atoms with Gasteiger partial charge in [-0.2, -0.15) is 0 Å². The van der Waals surface area contributed by atoms with Gasteiger partial charge in [0.2, 0.25) is 0 Å². The van der Waals surface area contributed by atoms with Crippen molar-refractivity contribution in [2.24, 2.45) is 0 Å². The Hall–Kier alpha value is -4.10. The lowest BCUT2D eigenvalue weighted by Crippen LogP contribution is -2.21. The number of nitrogens with zero attached hydrogens (tertiary/aromatic N) is 1. The van der Waals surface area contributed by atoms with Gasteiger partial charge in [-0.15, -0.1) is 0 Å². The molecule has 1 heterocycles. The van der Waals surface area contributed by atoms with Crippen molar-refractivity contribution in [1.29, 1.82) is 0 Å². The fourth-order valence-electron chi connectivity index (χ4n) is 3.92. The maximum atomic E-state index is 14.0. The first kappa shape index (κ1) is 22.7. The molecule has 0 aliphatic carbocycles. The molecule has 0 fully saturated rings. The number of aromatic nitrogens is 1. The van der Waals surface area contributed by atoms with Gasteiger partial charge in [0.1, 0.15) is 5.82 Å². The van der Waals surface area contributed by atoms with Crippen LogP contribution in [-0.4, -0.2) is 23.5 Å². The first-order valence-corrected chi connectivity index (χ1v) is 11.6. The van der Waals surface area contributed by atoms with E-state index in [9.17, 15) is 14.0 Å². The maximum Gasteiger partial charge on any atom is 0.339 e. The Morgan fingerprint density at radius 1 is 0.886 bits per heavy atom. The number of fused-ring (bicyclic) bond motifs is 2. The molecule has 1 aromatic heterocycles. The van der Waals surface area contributed by atoms with Gasteiger partial charge in [-0.3, -0.25) is 4.79 Å². The van der Waals surface area contributed by atoms with Crippen LogP contribution in [0.4, 0.5) is 10.1 Å². The number of ether oxygens (including phenoxy) is 1. The third-order valence-electron chi connectivity index (χ3n) is 5.54. The Morgan fingerprint density at radius 2 is 1.63 bits per heavy atom. The third-order valence-corrected chi connectivity index (χ3v) is 6.03. The quantitative estimate of drug-likeness (QED) is 0.256. The van der Waals surface area contributed by atoms with Gasteiger partial charge in [0.05, 0.1) is 22.5 Å². The number of halogens is 2. The van der Waals surface area contributed by atoms with E-state index in [2.05, 4.69) is 21.2 Å². The zero-order valence-electron chi connectivity index (χ0n) is 18.3. The van der Waals surface area contributed by atoms with Gasteiger partial charge in [-0.05, 0) is 41.1 Å². The molecule has 0 saturated carbocycles. The molecule has 5 aromatic rings. The van der Waals surface area contributed by atoms with E-state index in [-0.39, 0.29) is 5.69 Å². The molecule has 0 saturated heterocycles. The number of para-hydroxylation sites is 1. The second kappa shape index (κ2) is 9.64. The van der Waals surface area contributed by atoms with E-state index in [0.717, 1.165) is 16.3 Å². The summed E-state index contributed by atoms with van der Waals surface area (Å²) in [5, 5.41) is 5.09. The van der Waals surface area contributed by atoms with Crippen LogP contribution in [0.15, 0.2) is 95.5 Å². The predicted octanol–water partition coefficient (Wildman–Crippen LogP) is 6.75. The second-order valence-corrected chi connectivity index (χ2v) is 8.76. The fraction of sp³-hybridized carbons (Fsp3) is 0.0357. The van der Waals surface area contributed by atoms with Gasteiger partial charge in [0.25, 0.3) is 5.91 Å². The maximum absolute atomic E-state index is 14.0. The normalized spacial score (nSPS) is 10.9. The molecule has 4 aromatic carbocycles. The van der Waals surface area contributed by atoms with Crippen molar-refractivity contribution in [3.05, 3.63) is 107 Å². The van der Waals surface area contributed by atoms with Crippen molar-refractivity contribution in [2.75, 3.05) is 11.9 Å². The fourth-order valence-corrected chi connectivity index (χ4v) is 4.25. The number of amides is 1. The van der Waals surface area contributed by atoms with Crippen LogP contribution in [0, 0.1) is 5.82 Å². The highest BCUT2D eigenvalue weighted by Gasteiger charge is 2.18. The average molecular weight is 529 g/mol. The van der Waals surface area contributed by atoms with Crippen molar-refractivity contribution in [2.45, 2.75) is 0 Å². The zero-order chi connectivity index (χ0) is 24.4. The number of pyridine rings is 1. The Bertz CT molecular complexity index is 1600. The van der Waals surface area contributed by atoms with Crippen LogP contribution in [0.3, 0.4) is 0 Å². The molecule has 7 heteroatoms. The number of anilines is 1. The summed E-state index contributed by atoms with van der Waals surface area (Å²) in [6.45, 7) is -0.561. The minimum Gasteiger partial charge on any atom is -0.452 e. The Balaban J connectivity index is 1.44. The minimum absolute atomic E-state index is 0.00171. The van der Waals surface area contributed by atoms with E-state index < -0.39 is 24.3 Å². The van der Waals surface area contributed by atoms with E-state index in [1.807, 2.05) is 54.6 Å². The molecular formula is C28H18BrFN2O3. The van der Waals surface area contributed by atoms with Crippen molar-refractivity contribution < 1.29 is 18.7 Å². The van der Waals surface area contributed by atoms with E-state index in [1.165, 1.54) is 12.1 Å². The van der Waals surface area contributed by atoms with Crippen molar-refractivity contribution >= 4 is 55.2 Å². The summed E-state index contributed by atoms with van der Waals surface area (Å²) in [5.74, 6) is -1.91. The average Bonchev–Trinajstić information content (AvgIpc) is 2.88. The van der Waals surface area contributed by atoms with Gasteiger partial charge in [0, 0.05) is 15.4 Å². The molecule has 1 N–H and O–H groups in total. The molecule has 5 nitrogen and oxygen atoms in total. The third kappa shape index (κ3) is 4.76. The lowest BCUT2D eigenvalue weighted by atomic mass is 9.99. The van der Waals surface area contributed by atoms with Crippen LogP contribution in [-0.2, 0) is 9.53 Å². The van der Waals surface area contributed by atoms with Crippen molar-refractivity contribution in [3.63, 3.8) is 0 Å². The van der Waals surface area contributed by atoms with Crippen LogP contribution in [0.25, 0.3) is 32.9 Å². The van der Waals surface area contributed by atoms with Gasteiger partial charge in [-0.1, -0.05) is 76.6 Å². The number of hydrogen-bond acceptors (Lipinski definition) is 4. The molecule has 0 spiro atoms. The van der Waals surface area contributed by atoms with E-state index in [1.54, 1.807) is 24.3 Å². The molecule has 0 aliphatic heterocycles. The molecular weight excluding hydrogens is 511 g/mol. The molecule has 0 atom stereocenters. The van der Waals surface area contributed by atoms with E-state index in [4.69, 9.17) is 9.72 Å². The van der Waals surface area contributed by atoms with Crippen molar-refractivity contribution in [1.82, 2.24) is 4.98 Å². The van der Waals surface area contributed by atoms with Gasteiger partial charge < -0.3 is 10.1 Å². The summed E-state index contributed by atoms with van der Waals surface area (Å²) in [6, 6.07) is 27.0. The molecule has 5 rings (SSSR count). The number of esters is 1. The number of rotatable bonds is 5. The molecule has 0 aliphatic rings. The number of hydrogen-bond donors (Lipinski definition) is 1. The summed E-state index contributed by atoms with van der Waals surface area (Å²) in [7, 11) is 0. The number of carbonyl (C=O) groups is 2. The molecule has 172 valence electrons. The van der Waals surface area contributed by atoms with Crippen molar-refractivity contribution in [3.8, 4) is 11.3 Å². The Kier molecular flexibility index (Phi) is 6.25. The first-order chi connectivity index (χ1) is 17.0. The zero-order valence-corrected chi connectivity index (χ0v) is 19.9. The SMILES string of the molecule is O=C(COC(=O)c1cc(-c2cccc3ccccc23)nc2ccccc12)Nc1ccc(Br)cc1F. The topological polar surface area (TPSA) is 68.3 Å². The number of carbonyl (C=O) groups excluding carboxylic acids is 2. The lowest BCUT2D eigenvalue weighted by molar-refractivity contribution is -0.119. The Morgan fingerprint density at radius 3 is 2.46 bits per heavy atom. The highest BCUT2D eigenvalue weighted by molar-refractivity contribution is 9.10. The summed E-state index contributed by atoms with van der Waals surface area (Å²) in [4.78, 5) is 30.1. The van der Waals surface area contributed by atoms with Crippen LogP contribution in [0.5, 0.6) is 0 Å². The molecule has 35 heavy (non-hydrogen) atoms. The van der Waals surface area contributed by atoms with Crippen LogP contribution < -0.4 is 5.32 Å². The monoisotopic (exact) mass is 528 g/mol. The highest BCUT2D eigenvalue weighted by atomic mass is 79.9. The van der Waals surface area contributed by atoms with Gasteiger partial charge >= 0.3 is 5.97 Å². The van der Waals surface area contributed by atoms with Crippen LogP contribution in [0.2, 0.25) is 0 Å². The van der Waals surface area contributed by atoms with E-state index in [0.29, 0.717) is 26.6 Å². The molecule has 0 radical (unpaired) electrons. The standard InChI is InChI=1S/C28H18BrFN2O3/c29-18-12-13-25(23(30)14-18)32-27(33)16-35-28(34)22-15-26(31-24-11-4-3-9-21(22)24)20-10-5-7-17-6-1-2-8-19(17)20/h1-15H,16H2,(H,32,33). The van der Waals surface area contributed by atoms with E-state index >= 15 is 0 Å². The number of nitrogens with one attached hydrogen (secondary N) is 1. The molecule has 0 bridgehead atoms. The smallest absolute Gasteiger partial charge is 0.339 e. The van der Waals surface area contributed by atoms with Crippen LogP contribution >= 0.6 is 15.9 Å². The lowest BCUT2D eigenvalue weighted by Gasteiger charge is -2.12. The summed E-state index contributed by atoms with van der Waals surface area (Å²) in [5.41, 5.74) is 2.43. The minimum atomic E-state index is -0.670. The summed E-state index contributed by atoms with van der Waals surface area (Å²) < 4.78 is 19.9. The van der Waals surface area contributed by atoms with Gasteiger partial charge in [0.15, 0.2) is 6.61 Å². The number of benzene rings is 4. The predicted molar refractivity (Wildman–Crippen MR) is 138 cm³/mol. The molecule has 1 amide bonds. The summed E-state index contributed by atoms with van der Waals surface area (Å²) >= 11 is 3.17. The van der Waals surface area contributed by atoms with Crippen LogP contribution in [0.1, 0.15) is 10.4 Å². The Labute approximate surface area is 208 Å². The summed E-state index contributed by atoms with van der Waals surface area (Å²) in [6.07, 6.45) is 0. The first-order valence-electron chi connectivity index (χ1n) is 10.8. The van der Waals surface area contributed by atoms with Gasteiger partial charge in [-0.25, -0.2) is 14.2 Å². The highest BCUT2D eigenvalue weighted by Crippen LogP contribution is 2.30. The molecule has 0 unspecified atom stereocenters. The second-order valence-electron chi connectivity index (χ2n) is 7.85. The largest absolute Gasteiger partial charge is 0.452 e.